The maximum atomic E-state index is 6.25. The Hall–Kier alpha value is -1.31. The predicted molar refractivity (Wildman–Crippen MR) is 83.2 cm³/mol. The summed E-state index contributed by atoms with van der Waals surface area (Å²) < 4.78 is 0. The smallest absolute Gasteiger partial charge is 0.0409 e. The molecular formula is C18H18ClN. The van der Waals surface area contributed by atoms with E-state index in [2.05, 4.69) is 47.8 Å². The van der Waals surface area contributed by atoms with Crippen molar-refractivity contribution in [1.82, 2.24) is 5.32 Å². The van der Waals surface area contributed by atoms with Gasteiger partial charge in [-0.15, -0.1) is 0 Å². The maximum absolute atomic E-state index is 6.25. The van der Waals surface area contributed by atoms with Gasteiger partial charge in [0.1, 0.15) is 0 Å². The highest BCUT2D eigenvalue weighted by Crippen LogP contribution is 2.52. The summed E-state index contributed by atoms with van der Waals surface area (Å²) in [6.45, 7) is 1.13. The van der Waals surface area contributed by atoms with Crippen LogP contribution < -0.4 is 5.32 Å². The zero-order chi connectivity index (χ0) is 13.5. The zero-order valence-corrected chi connectivity index (χ0v) is 12.1. The molecule has 3 atom stereocenters. The van der Waals surface area contributed by atoms with Gasteiger partial charge in [-0.1, -0.05) is 48.0 Å². The Morgan fingerprint density at radius 1 is 1.00 bits per heavy atom. The van der Waals surface area contributed by atoms with Crippen molar-refractivity contribution >= 4 is 11.6 Å². The number of fused-ring (bicyclic) bond motifs is 3. The molecule has 1 N–H and O–H groups in total. The van der Waals surface area contributed by atoms with Crippen LogP contribution in [-0.2, 0) is 0 Å². The number of benzene rings is 2. The Morgan fingerprint density at radius 3 is 2.70 bits per heavy atom. The number of hydrogen-bond donors (Lipinski definition) is 1. The lowest BCUT2D eigenvalue weighted by molar-refractivity contribution is 0.287. The van der Waals surface area contributed by atoms with Gasteiger partial charge in [-0.3, -0.25) is 0 Å². The second-order valence-electron chi connectivity index (χ2n) is 5.90. The molecule has 2 aliphatic rings. The summed E-state index contributed by atoms with van der Waals surface area (Å²) in [5.41, 5.74) is 4.30. The lowest BCUT2D eigenvalue weighted by Gasteiger charge is -2.31. The minimum absolute atomic E-state index is 0.489. The fraction of sp³-hybridized carbons (Fsp3) is 0.333. The Balaban J connectivity index is 1.87. The minimum Gasteiger partial charge on any atom is -0.310 e. The molecule has 2 heteroatoms. The molecule has 0 spiro atoms. The molecule has 1 nitrogen and oxygen atoms in total. The lowest BCUT2D eigenvalue weighted by atomic mass is 9.80. The quantitative estimate of drug-likeness (QED) is 0.811. The molecule has 2 aromatic rings. The van der Waals surface area contributed by atoms with E-state index in [0.717, 1.165) is 11.6 Å². The van der Waals surface area contributed by atoms with Gasteiger partial charge < -0.3 is 5.32 Å². The van der Waals surface area contributed by atoms with E-state index in [-0.39, 0.29) is 0 Å². The van der Waals surface area contributed by atoms with Crippen LogP contribution in [0.15, 0.2) is 48.5 Å². The monoisotopic (exact) mass is 283 g/mol. The summed E-state index contributed by atoms with van der Waals surface area (Å²) in [7, 11) is 0. The average molecular weight is 284 g/mol. The van der Waals surface area contributed by atoms with Crippen LogP contribution in [0.4, 0.5) is 0 Å². The van der Waals surface area contributed by atoms with Crippen LogP contribution in [0.2, 0.25) is 5.02 Å². The molecule has 1 heterocycles. The maximum Gasteiger partial charge on any atom is 0.0409 e. The summed E-state index contributed by atoms with van der Waals surface area (Å²) in [4.78, 5) is 0. The van der Waals surface area contributed by atoms with Gasteiger partial charge in [0, 0.05) is 17.0 Å². The van der Waals surface area contributed by atoms with Crippen LogP contribution in [0, 0.1) is 5.92 Å². The van der Waals surface area contributed by atoms with Crippen molar-refractivity contribution in [2.24, 2.45) is 5.92 Å². The topological polar surface area (TPSA) is 12.0 Å². The van der Waals surface area contributed by atoms with Gasteiger partial charge in [0.15, 0.2) is 0 Å². The molecule has 102 valence electrons. The molecular weight excluding hydrogens is 266 g/mol. The molecule has 20 heavy (non-hydrogen) atoms. The summed E-state index contributed by atoms with van der Waals surface area (Å²) in [6, 6.07) is 17.8. The standard InChI is InChI=1S/C18H18ClN/c19-13-8-9-14-16(11-13)17(12-5-2-1-3-6-12)15-7-4-10-20-18(14)15/h1-3,5-6,8-9,11,15,17-18,20H,4,7,10H2. The van der Waals surface area contributed by atoms with Crippen LogP contribution in [0.25, 0.3) is 0 Å². The normalized spacial score (nSPS) is 27.9. The van der Waals surface area contributed by atoms with Crippen molar-refractivity contribution in [2.45, 2.75) is 24.8 Å². The molecule has 0 saturated carbocycles. The van der Waals surface area contributed by atoms with E-state index >= 15 is 0 Å². The first-order valence-electron chi connectivity index (χ1n) is 7.42. The fourth-order valence-electron chi connectivity index (χ4n) is 4.03. The van der Waals surface area contributed by atoms with Crippen molar-refractivity contribution in [3.63, 3.8) is 0 Å². The van der Waals surface area contributed by atoms with Gasteiger partial charge in [0.2, 0.25) is 0 Å². The minimum atomic E-state index is 0.489. The summed E-state index contributed by atoms with van der Waals surface area (Å²) in [5.74, 6) is 1.15. The molecule has 1 fully saturated rings. The molecule has 1 aliphatic heterocycles. The number of piperidine rings is 1. The summed E-state index contributed by atoms with van der Waals surface area (Å²) >= 11 is 6.25. The second kappa shape index (κ2) is 4.91. The van der Waals surface area contributed by atoms with E-state index < -0.39 is 0 Å². The molecule has 0 bridgehead atoms. The lowest BCUT2D eigenvalue weighted by Crippen LogP contribution is -2.32. The number of rotatable bonds is 1. The largest absolute Gasteiger partial charge is 0.310 e. The van der Waals surface area contributed by atoms with E-state index in [1.54, 1.807) is 0 Å². The molecule has 0 radical (unpaired) electrons. The van der Waals surface area contributed by atoms with Gasteiger partial charge in [0.05, 0.1) is 0 Å². The highest BCUT2D eigenvalue weighted by atomic mass is 35.5. The predicted octanol–water partition coefficient (Wildman–Crippen LogP) is 4.53. The van der Waals surface area contributed by atoms with Gasteiger partial charge in [-0.25, -0.2) is 0 Å². The first-order valence-corrected chi connectivity index (χ1v) is 7.80. The fourth-order valence-corrected chi connectivity index (χ4v) is 4.21. The highest BCUT2D eigenvalue weighted by Gasteiger charge is 2.42. The van der Waals surface area contributed by atoms with E-state index in [4.69, 9.17) is 11.6 Å². The van der Waals surface area contributed by atoms with Gasteiger partial charge in [0.25, 0.3) is 0 Å². The highest BCUT2D eigenvalue weighted by molar-refractivity contribution is 6.30. The van der Waals surface area contributed by atoms with Crippen molar-refractivity contribution in [1.29, 1.82) is 0 Å². The summed E-state index contributed by atoms with van der Waals surface area (Å²) in [5, 5.41) is 4.56. The van der Waals surface area contributed by atoms with E-state index in [9.17, 15) is 0 Å². The Bertz CT molecular complexity index is 623. The van der Waals surface area contributed by atoms with Crippen LogP contribution in [-0.4, -0.2) is 6.54 Å². The Morgan fingerprint density at radius 2 is 1.85 bits per heavy atom. The van der Waals surface area contributed by atoms with Crippen molar-refractivity contribution in [3.05, 3.63) is 70.2 Å². The van der Waals surface area contributed by atoms with Crippen molar-refractivity contribution in [3.8, 4) is 0 Å². The van der Waals surface area contributed by atoms with Crippen LogP contribution in [0.1, 0.15) is 41.5 Å². The molecule has 1 aliphatic carbocycles. The third kappa shape index (κ3) is 1.88. The van der Waals surface area contributed by atoms with Gasteiger partial charge >= 0.3 is 0 Å². The molecule has 0 amide bonds. The molecule has 1 saturated heterocycles. The molecule has 2 aromatic carbocycles. The Kier molecular flexibility index (Phi) is 3.05. The SMILES string of the molecule is Clc1ccc2c(c1)C(c1ccccc1)C1CCCNC21. The van der Waals surface area contributed by atoms with Crippen LogP contribution in [0.5, 0.6) is 0 Å². The van der Waals surface area contributed by atoms with Gasteiger partial charge in [-0.2, -0.15) is 0 Å². The number of halogens is 1. The van der Waals surface area contributed by atoms with E-state index in [1.807, 2.05) is 6.07 Å². The van der Waals surface area contributed by atoms with Crippen LogP contribution >= 0.6 is 11.6 Å². The van der Waals surface area contributed by atoms with E-state index in [1.165, 1.54) is 29.5 Å². The zero-order valence-electron chi connectivity index (χ0n) is 11.4. The second-order valence-corrected chi connectivity index (χ2v) is 6.34. The molecule has 3 unspecified atom stereocenters. The average Bonchev–Trinajstić information content (AvgIpc) is 2.81. The number of nitrogens with one attached hydrogen (secondary N) is 1. The molecule has 0 aromatic heterocycles. The first-order chi connectivity index (χ1) is 9.84. The van der Waals surface area contributed by atoms with Crippen molar-refractivity contribution in [2.75, 3.05) is 6.54 Å². The third-order valence-corrected chi connectivity index (χ3v) is 5.05. The first kappa shape index (κ1) is 12.4. The number of hydrogen-bond acceptors (Lipinski definition) is 1. The van der Waals surface area contributed by atoms with E-state index in [0.29, 0.717) is 17.9 Å². The molecule has 4 rings (SSSR count). The van der Waals surface area contributed by atoms with Crippen LogP contribution in [0.3, 0.4) is 0 Å². The van der Waals surface area contributed by atoms with Crippen molar-refractivity contribution < 1.29 is 0 Å². The third-order valence-electron chi connectivity index (χ3n) is 4.81. The van der Waals surface area contributed by atoms with Gasteiger partial charge in [-0.05, 0) is 54.1 Å². The summed E-state index contributed by atoms with van der Waals surface area (Å²) in [6.07, 6.45) is 2.57. The Labute approximate surface area is 125 Å².